The summed E-state index contributed by atoms with van der Waals surface area (Å²) in [6.07, 6.45) is 0. The van der Waals surface area contributed by atoms with Crippen molar-refractivity contribution < 1.29 is 26.7 Å². The minimum absolute atomic E-state index is 0.156. The van der Waals surface area contributed by atoms with E-state index >= 15 is 0 Å². The summed E-state index contributed by atoms with van der Waals surface area (Å²) < 4.78 is 65.4. The van der Waals surface area contributed by atoms with Crippen molar-refractivity contribution in [2.45, 2.75) is 0 Å². The van der Waals surface area contributed by atoms with Gasteiger partial charge in [-0.1, -0.05) is 0 Å². The number of rotatable bonds is 2. The predicted molar refractivity (Wildman–Crippen MR) is 68.3 cm³/mol. The molecule has 0 aliphatic rings. The van der Waals surface area contributed by atoms with Crippen LogP contribution in [0.5, 0.6) is 0 Å². The summed E-state index contributed by atoms with van der Waals surface area (Å²) in [5.74, 6) is -7.78. The van der Waals surface area contributed by atoms with E-state index in [1.165, 1.54) is 0 Å². The third-order valence-corrected chi connectivity index (χ3v) is 3.11. The monoisotopic (exact) mass is 365 g/mol. The zero-order valence-corrected chi connectivity index (χ0v) is 11.6. The van der Waals surface area contributed by atoms with E-state index in [0.29, 0.717) is 18.2 Å². The van der Waals surface area contributed by atoms with Gasteiger partial charge in [-0.2, -0.15) is 0 Å². The quantitative estimate of drug-likeness (QED) is 0.477. The van der Waals surface area contributed by atoms with Crippen LogP contribution in [0.15, 0.2) is 28.7 Å². The maximum atomic E-state index is 13.5. The zero-order valence-electron chi connectivity index (χ0n) is 9.99. The van der Waals surface area contributed by atoms with Crippen LogP contribution in [0.2, 0.25) is 0 Å². The minimum atomic E-state index is -1.73. The van der Waals surface area contributed by atoms with Crippen LogP contribution < -0.4 is 5.32 Å². The molecular weight excluding hydrogens is 361 g/mol. The molecule has 110 valence electrons. The van der Waals surface area contributed by atoms with Crippen LogP contribution in [0.25, 0.3) is 0 Å². The molecule has 0 fully saturated rings. The van der Waals surface area contributed by atoms with Gasteiger partial charge in [0.1, 0.15) is 11.6 Å². The molecule has 0 spiro atoms. The number of carbonyl (C=O) groups is 1. The Bertz CT molecular complexity index is 712. The molecule has 0 radical (unpaired) electrons. The fraction of sp³-hybridized carbons (Fsp3) is 0. The Kier molecular flexibility index (Phi) is 4.26. The van der Waals surface area contributed by atoms with Gasteiger partial charge in [0.15, 0.2) is 17.5 Å². The van der Waals surface area contributed by atoms with Gasteiger partial charge in [0.25, 0.3) is 5.91 Å². The van der Waals surface area contributed by atoms with Crippen LogP contribution in [-0.4, -0.2) is 5.91 Å². The van der Waals surface area contributed by atoms with E-state index in [1.807, 2.05) is 5.32 Å². The van der Waals surface area contributed by atoms with Crippen LogP contribution in [0.1, 0.15) is 10.4 Å². The van der Waals surface area contributed by atoms with Gasteiger partial charge in [0, 0.05) is 11.6 Å². The van der Waals surface area contributed by atoms with Crippen molar-refractivity contribution in [3.8, 4) is 0 Å². The van der Waals surface area contributed by atoms with E-state index in [4.69, 9.17) is 0 Å². The molecule has 0 aliphatic heterocycles. The van der Waals surface area contributed by atoms with Crippen LogP contribution in [-0.2, 0) is 0 Å². The second-order valence-corrected chi connectivity index (χ2v) is 4.81. The molecule has 0 aromatic heterocycles. The molecule has 2 aromatic rings. The first-order chi connectivity index (χ1) is 9.79. The highest BCUT2D eigenvalue weighted by atomic mass is 79.9. The fourth-order valence-electron chi connectivity index (χ4n) is 1.50. The predicted octanol–water partition coefficient (Wildman–Crippen LogP) is 4.40. The summed E-state index contributed by atoms with van der Waals surface area (Å²) in [5, 5.41) is 1.94. The van der Waals surface area contributed by atoms with Crippen molar-refractivity contribution in [1.29, 1.82) is 0 Å². The molecule has 8 heteroatoms. The molecule has 1 amide bonds. The van der Waals surface area contributed by atoms with Gasteiger partial charge in [-0.25, -0.2) is 22.0 Å². The second-order valence-electron chi connectivity index (χ2n) is 3.95. The van der Waals surface area contributed by atoms with Gasteiger partial charge in [0.2, 0.25) is 0 Å². The lowest BCUT2D eigenvalue weighted by Gasteiger charge is -2.08. The maximum Gasteiger partial charge on any atom is 0.255 e. The number of hydrogen-bond donors (Lipinski definition) is 1. The molecule has 2 nitrogen and oxygen atoms in total. The first-order valence-corrected chi connectivity index (χ1v) is 6.19. The summed E-state index contributed by atoms with van der Waals surface area (Å²) >= 11 is 2.75. The van der Waals surface area contributed by atoms with Crippen LogP contribution in [0.3, 0.4) is 0 Å². The van der Waals surface area contributed by atoms with Crippen LogP contribution in [0.4, 0.5) is 27.6 Å². The molecule has 0 unspecified atom stereocenters. The number of halogens is 6. The number of amides is 1. The Morgan fingerprint density at radius 3 is 2.00 bits per heavy atom. The summed E-state index contributed by atoms with van der Waals surface area (Å²) in [5.41, 5.74) is -1.10. The highest BCUT2D eigenvalue weighted by Gasteiger charge is 2.17. The first-order valence-electron chi connectivity index (χ1n) is 5.40. The summed E-state index contributed by atoms with van der Waals surface area (Å²) in [4.78, 5) is 11.7. The molecule has 0 heterocycles. The van der Waals surface area contributed by atoms with Crippen LogP contribution in [0, 0.1) is 29.1 Å². The average Bonchev–Trinajstić information content (AvgIpc) is 2.41. The smallest absolute Gasteiger partial charge is 0.255 e. The number of carbonyl (C=O) groups excluding carboxylic acids is 1. The van der Waals surface area contributed by atoms with E-state index in [2.05, 4.69) is 15.9 Å². The molecule has 0 aliphatic carbocycles. The zero-order chi connectivity index (χ0) is 15.7. The Morgan fingerprint density at radius 2 is 1.43 bits per heavy atom. The van der Waals surface area contributed by atoms with E-state index in [0.717, 1.165) is 6.07 Å². The third kappa shape index (κ3) is 3.21. The molecule has 21 heavy (non-hydrogen) atoms. The average molecular weight is 366 g/mol. The lowest BCUT2D eigenvalue weighted by Crippen LogP contribution is -2.14. The van der Waals surface area contributed by atoms with Crippen molar-refractivity contribution >= 4 is 27.5 Å². The molecule has 0 bridgehead atoms. The number of anilines is 1. The van der Waals surface area contributed by atoms with Gasteiger partial charge in [-0.05, 0) is 34.1 Å². The van der Waals surface area contributed by atoms with E-state index < -0.39 is 46.2 Å². The molecule has 0 saturated carbocycles. The number of benzene rings is 2. The van der Waals surface area contributed by atoms with Crippen molar-refractivity contribution in [1.82, 2.24) is 0 Å². The maximum absolute atomic E-state index is 13.5. The van der Waals surface area contributed by atoms with Crippen molar-refractivity contribution in [2.24, 2.45) is 0 Å². The molecule has 1 N–H and O–H groups in total. The largest absolute Gasteiger partial charge is 0.319 e. The SMILES string of the molecule is O=C(Nc1cc(F)c(Br)cc1F)c1cc(F)c(F)c(F)c1. The number of hydrogen-bond acceptors (Lipinski definition) is 1. The van der Waals surface area contributed by atoms with Crippen molar-refractivity contribution in [2.75, 3.05) is 5.32 Å². The fourth-order valence-corrected chi connectivity index (χ4v) is 1.81. The Balaban J connectivity index is 2.32. The van der Waals surface area contributed by atoms with Gasteiger partial charge in [-0.3, -0.25) is 4.79 Å². The van der Waals surface area contributed by atoms with Crippen LogP contribution >= 0.6 is 15.9 Å². The Hall–Kier alpha value is -1.96. The lowest BCUT2D eigenvalue weighted by atomic mass is 10.2. The minimum Gasteiger partial charge on any atom is -0.319 e. The molecule has 2 rings (SSSR count). The highest BCUT2D eigenvalue weighted by Crippen LogP contribution is 2.24. The normalized spacial score (nSPS) is 10.6. The Labute approximate surface area is 123 Å². The van der Waals surface area contributed by atoms with Crippen molar-refractivity contribution in [3.63, 3.8) is 0 Å². The Morgan fingerprint density at radius 1 is 0.857 bits per heavy atom. The summed E-state index contributed by atoms with van der Waals surface area (Å²) in [6, 6.07) is 2.35. The highest BCUT2D eigenvalue weighted by molar-refractivity contribution is 9.10. The summed E-state index contributed by atoms with van der Waals surface area (Å²) in [7, 11) is 0. The van der Waals surface area contributed by atoms with Gasteiger partial charge in [0.05, 0.1) is 10.2 Å². The topological polar surface area (TPSA) is 29.1 Å². The van der Waals surface area contributed by atoms with Gasteiger partial charge >= 0.3 is 0 Å². The summed E-state index contributed by atoms with van der Waals surface area (Å²) in [6.45, 7) is 0. The van der Waals surface area contributed by atoms with E-state index in [1.54, 1.807) is 0 Å². The third-order valence-electron chi connectivity index (χ3n) is 2.50. The van der Waals surface area contributed by atoms with Gasteiger partial charge < -0.3 is 5.32 Å². The first kappa shape index (κ1) is 15.4. The molecule has 0 saturated heterocycles. The van der Waals surface area contributed by atoms with E-state index in [9.17, 15) is 26.7 Å². The second kappa shape index (κ2) is 5.80. The molecule has 0 atom stereocenters. The van der Waals surface area contributed by atoms with Crippen molar-refractivity contribution in [3.05, 3.63) is 63.4 Å². The van der Waals surface area contributed by atoms with E-state index in [-0.39, 0.29) is 4.47 Å². The number of nitrogens with one attached hydrogen (secondary N) is 1. The lowest BCUT2D eigenvalue weighted by molar-refractivity contribution is 0.102. The van der Waals surface area contributed by atoms with Gasteiger partial charge in [-0.15, -0.1) is 0 Å². The molecule has 2 aromatic carbocycles. The standard InChI is InChI=1S/C13H5BrF5NO/c14-6-3-8(16)11(4-7(6)15)20-13(21)5-1-9(17)12(19)10(18)2-5/h1-4H,(H,20,21). The molecular formula is C13H5BrF5NO.